The van der Waals surface area contributed by atoms with Gasteiger partial charge in [0.15, 0.2) is 0 Å². The number of rotatable bonds is 1. The van der Waals surface area contributed by atoms with Crippen LogP contribution < -0.4 is 0 Å². The molecule has 6 nitrogen and oxygen atoms in total. The van der Waals surface area contributed by atoms with Gasteiger partial charge in [0, 0.05) is 25.8 Å². The van der Waals surface area contributed by atoms with Crippen LogP contribution in [0.4, 0.5) is 0 Å². The predicted octanol–water partition coefficient (Wildman–Crippen LogP) is 0.411. The lowest BCUT2D eigenvalue weighted by atomic mass is 9.96. The Morgan fingerprint density at radius 1 is 1.44 bits per heavy atom. The summed E-state index contributed by atoms with van der Waals surface area (Å²) in [7, 11) is 1.76. The molecule has 1 saturated heterocycles. The highest BCUT2D eigenvalue weighted by molar-refractivity contribution is 6.00. The fraction of sp³-hybridized carbons (Fsp3) is 0.583. The van der Waals surface area contributed by atoms with E-state index in [0.29, 0.717) is 18.7 Å². The third-order valence-electron chi connectivity index (χ3n) is 3.51. The van der Waals surface area contributed by atoms with Crippen LogP contribution in [0.5, 0.6) is 0 Å². The summed E-state index contributed by atoms with van der Waals surface area (Å²) in [6.07, 6.45) is 1.51. The van der Waals surface area contributed by atoms with Gasteiger partial charge in [0.1, 0.15) is 5.54 Å². The molecule has 0 spiro atoms. The minimum atomic E-state index is -0.812. The van der Waals surface area contributed by atoms with Crippen molar-refractivity contribution in [2.75, 3.05) is 20.1 Å². The summed E-state index contributed by atoms with van der Waals surface area (Å²) in [6.45, 7) is 6.45. The van der Waals surface area contributed by atoms with Crippen LogP contribution >= 0.6 is 0 Å². The van der Waals surface area contributed by atoms with Crippen molar-refractivity contribution in [2.45, 2.75) is 26.3 Å². The van der Waals surface area contributed by atoms with Crippen LogP contribution in [0.15, 0.2) is 6.20 Å². The largest absolute Gasteiger partial charge is 0.342 e. The highest BCUT2D eigenvalue weighted by Crippen LogP contribution is 2.24. The quantitative estimate of drug-likeness (QED) is 0.785. The number of aromatic amines is 1. The second-order valence-corrected chi connectivity index (χ2v) is 5.15. The number of nitrogens with one attached hydrogen (secondary N) is 1. The van der Waals surface area contributed by atoms with E-state index in [1.165, 1.54) is 6.20 Å². The van der Waals surface area contributed by atoms with Gasteiger partial charge in [-0.15, -0.1) is 0 Å². The molecular weight excluding hydrogens is 232 g/mol. The zero-order valence-electron chi connectivity index (χ0n) is 11.1. The van der Waals surface area contributed by atoms with Gasteiger partial charge in [0.05, 0.1) is 11.8 Å². The van der Waals surface area contributed by atoms with Gasteiger partial charge < -0.3 is 9.80 Å². The number of hydrogen-bond donors (Lipinski definition) is 1. The van der Waals surface area contributed by atoms with Crippen LogP contribution in [-0.2, 0) is 4.79 Å². The number of aromatic nitrogens is 2. The van der Waals surface area contributed by atoms with Gasteiger partial charge in [-0.05, 0) is 20.8 Å². The van der Waals surface area contributed by atoms with E-state index in [1.807, 2.05) is 0 Å². The van der Waals surface area contributed by atoms with E-state index >= 15 is 0 Å². The average molecular weight is 250 g/mol. The summed E-state index contributed by atoms with van der Waals surface area (Å²) in [5.41, 5.74) is 0.441. The zero-order chi connectivity index (χ0) is 13.5. The van der Waals surface area contributed by atoms with Gasteiger partial charge in [-0.2, -0.15) is 5.10 Å². The molecule has 0 radical (unpaired) electrons. The highest BCUT2D eigenvalue weighted by Gasteiger charge is 2.43. The monoisotopic (exact) mass is 250 g/mol. The van der Waals surface area contributed by atoms with Crippen LogP contribution in [0.1, 0.15) is 29.9 Å². The van der Waals surface area contributed by atoms with Gasteiger partial charge >= 0.3 is 0 Å². The molecule has 0 saturated carbocycles. The summed E-state index contributed by atoms with van der Waals surface area (Å²) in [5.74, 6) is -0.184. The first kappa shape index (κ1) is 12.6. The summed E-state index contributed by atoms with van der Waals surface area (Å²) >= 11 is 0. The van der Waals surface area contributed by atoms with Crippen molar-refractivity contribution in [2.24, 2.45) is 0 Å². The third-order valence-corrected chi connectivity index (χ3v) is 3.51. The lowest BCUT2D eigenvalue weighted by Gasteiger charge is -2.44. The van der Waals surface area contributed by atoms with E-state index in [9.17, 15) is 9.59 Å². The maximum absolute atomic E-state index is 12.4. The Kier molecular flexibility index (Phi) is 2.88. The Morgan fingerprint density at radius 2 is 2.11 bits per heavy atom. The molecule has 1 aromatic heterocycles. The number of nitrogens with zero attached hydrogens (tertiary/aromatic N) is 3. The fourth-order valence-electron chi connectivity index (χ4n) is 2.28. The van der Waals surface area contributed by atoms with E-state index in [4.69, 9.17) is 0 Å². The maximum Gasteiger partial charge on any atom is 0.258 e. The molecule has 98 valence electrons. The van der Waals surface area contributed by atoms with Gasteiger partial charge in [0.25, 0.3) is 5.91 Å². The molecule has 0 aromatic carbocycles. The molecule has 1 N–H and O–H groups in total. The van der Waals surface area contributed by atoms with Crippen LogP contribution in [0.2, 0.25) is 0 Å². The number of hydrogen-bond acceptors (Lipinski definition) is 3. The summed E-state index contributed by atoms with van der Waals surface area (Å²) in [6, 6.07) is 0. The molecule has 0 bridgehead atoms. The van der Waals surface area contributed by atoms with Crippen molar-refractivity contribution < 1.29 is 9.59 Å². The van der Waals surface area contributed by atoms with E-state index in [-0.39, 0.29) is 11.8 Å². The molecule has 0 atom stereocenters. The first-order valence-corrected chi connectivity index (χ1v) is 5.93. The molecule has 0 aliphatic carbocycles. The standard InChI is InChI=1S/C12H18N4O2/c1-8-9(7-13-14-8)10(17)16-6-5-15(4)11(18)12(16,2)3/h7H,5-6H2,1-4H3,(H,13,14). The van der Waals surface area contributed by atoms with Crippen molar-refractivity contribution in [3.05, 3.63) is 17.5 Å². The Hall–Kier alpha value is -1.85. The van der Waals surface area contributed by atoms with Crippen LogP contribution in [0, 0.1) is 6.92 Å². The lowest BCUT2D eigenvalue weighted by Crippen LogP contribution is -2.63. The minimum absolute atomic E-state index is 0.0387. The fourth-order valence-corrected chi connectivity index (χ4v) is 2.28. The Labute approximate surface area is 106 Å². The second kappa shape index (κ2) is 4.12. The Morgan fingerprint density at radius 3 is 2.67 bits per heavy atom. The van der Waals surface area contributed by atoms with Crippen molar-refractivity contribution in [3.8, 4) is 0 Å². The van der Waals surface area contributed by atoms with Gasteiger partial charge in [-0.1, -0.05) is 0 Å². The first-order valence-electron chi connectivity index (χ1n) is 5.93. The van der Waals surface area contributed by atoms with Crippen molar-refractivity contribution in [3.63, 3.8) is 0 Å². The van der Waals surface area contributed by atoms with Crippen molar-refractivity contribution in [1.82, 2.24) is 20.0 Å². The molecule has 2 heterocycles. The molecule has 0 unspecified atom stereocenters. The van der Waals surface area contributed by atoms with Gasteiger partial charge in [-0.3, -0.25) is 14.7 Å². The second-order valence-electron chi connectivity index (χ2n) is 5.15. The van der Waals surface area contributed by atoms with Crippen molar-refractivity contribution in [1.29, 1.82) is 0 Å². The summed E-state index contributed by atoms with van der Waals surface area (Å²) in [4.78, 5) is 27.8. The van der Waals surface area contributed by atoms with Gasteiger partial charge in [0.2, 0.25) is 5.91 Å². The normalized spacial score (nSPS) is 19.2. The molecule has 1 aromatic rings. The molecule has 2 rings (SSSR count). The number of likely N-dealkylation sites (N-methyl/N-ethyl adjacent to an activating group) is 1. The summed E-state index contributed by atoms with van der Waals surface area (Å²) < 4.78 is 0. The number of piperazine rings is 1. The third kappa shape index (κ3) is 1.77. The molecule has 1 fully saturated rings. The number of aryl methyl sites for hydroxylation is 1. The van der Waals surface area contributed by atoms with Crippen molar-refractivity contribution >= 4 is 11.8 Å². The molecular formula is C12H18N4O2. The zero-order valence-corrected chi connectivity index (χ0v) is 11.1. The molecule has 18 heavy (non-hydrogen) atoms. The smallest absolute Gasteiger partial charge is 0.258 e. The Bertz CT molecular complexity index is 492. The molecule has 1 aliphatic heterocycles. The predicted molar refractivity (Wildman–Crippen MR) is 66.1 cm³/mol. The number of amides is 2. The minimum Gasteiger partial charge on any atom is -0.342 e. The van der Waals surface area contributed by atoms with Crippen LogP contribution in [0.25, 0.3) is 0 Å². The number of carbonyl (C=O) groups excluding carboxylic acids is 2. The van der Waals surface area contributed by atoms with E-state index in [2.05, 4.69) is 10.2 Å². The molecule has 2 amide bonds. The highest BCUT2D eigenvalue weighted by atomic mass is 16.2. The SMILES string of the molecule is Cc1[nH]ncc1C(=O)N1CCN(C)C(=O)C1(C)C. The topological polar surface area (TPSA) is 69.3 Å². The van der Waals surface area contributed by atoms with Gasteiger partial charge in [-0.25, -0.2) is 0 Å². The average Bonchev–Trinajstić information content (AvgIpc) is 2.72. The lowest BCUT2D eigenvalue weighted by molar-refractivity contribution is -0.144. The summed E-state index contributed by atoms with van der Waals surface area (Å²) in [5, 5.41) is 6.59. The van der Waals surface area contributed by atoms with E-state index in [1.54, 1.807) is 37.6 Å². The molecule has 6 heteroatoms. The number of carbonyl (C=O) groups is 2. The van der Waals surface area contributed by atoms with Crippen LogP contribution in [-0.4, -0.2) is 57.5 Å². The van der Waals surface area contributed by atoms with E-state index in [0.717, 1.165) is 5.69 Å². The van der Waals surface area contributed by atoms with E-state index < -0.39 is 5.54 Å². The van der Waals surface area contributed by atoms with Crippen LogP contribution in [0.3, 0.4) is 0 Å². The molecule has 1 aliphatic rings. The Balaban J connectivity index is 2.31. The maximum atomic E-state index is 12.4. The number of H-pyrrole nitrogens is 1. The first-order chi connectivity index (χ1) is 8.35.